The third-order valence-electron chi connectivity index (χ3n) is 4.09. The predicted octanol–water partition coefficient (Wildman–Crippen LogP) is 6.78. The molecule has 0 amide bonds. The van der Waals surface area contributed by atoms with Crippen LogP contribution < -0.4 is 0 Å². The van der Waals surface area contributed by atoms with E-state index in [1.165, 1.54) is 25.7 Å². The van der Waals surface area contributed by atoms with Crippen LogP contribution in [0.15, 0.2) is 23.3 Å². The van der Waals surface area contributed by atoms with Crippen LogP contribution in [-0.4, -0.2) is 17.0 Å². The zero-order valence-corrected chi connectivity index (χ0v) is 17.2. The minimum absolute atomic E-state index is 0.198. The number of carbonyl (C=O) groups is 1. The van der Waals surface area contributed by atoms with Crippen LogP contribution in [0.25, 0.3) is 0 Å². The van der Waals surface area contributed by atoms with Gasteiger partial charge in [-0.05, 0) is 50.7 Å². The Labute approximate surface area is 151 Å². The van der Waals surface area contributed by atoms with Crippen molar-refractivity contribution >= 4 is 5.78 Å². The molecule has 0 rings (SSSR count). The van der Waals surface area contributed by atoms with Gasteiger partial charge in [-0.25, -0.2) is 0 Å². The Kier molecular flexibility index (Phi) is 19.5. The van der Waals surface area contributed by atoms with Gasteiger partial charge in [-0.2, -0.15) is 0 Å². The fourth-order valence-corrected chi connectivity index (χ4v) is 2.43. The number of aliphatic hydroxyl groups is 1. The average Bonchev–Trinajstić information content (AvgIpc) is 2.56. The Morgan fingerprint density at radius 2 is 1.42 bits per heavy atom. The molecule has 2 heteroatoms. The molecular formula is C22H42O2. The third kappa shape index (κ3) is 16.0. The molecule has 142 valence electrons. The average molecular weight is 339 g/mol. The Morgan fingerprint density at radius 3 is 1.92 bits per heavy atom. The maximum Gasteiger partial charge on any atom is 0.158 e. The molecule has 1 N–H and O–H groups in total. The van der Waals surface area contributed by atoms with Gasteiger partial charge in [0.2, 0.25) is 0 Å². The Morgan fingerprint density at radius 1 is 0.875 bits per heavy atom. The van der Waals surface area contributed by atoms with Gasteiger partial charge in [-0.3, -0.25) is 4.79 Å². The van der Waals surface area contributed by atoms with E-state index in [1.807, 2.05) is 19.9 Å². The lowest BCUT2D eigenvalue weighted by molar-refractivity contribution is -0.115. The van der Waals surface area contributed by atoms with Gasteiger partial charge in [0.1, 0.15) is 0 Å². The molecule has 0 aliphatic heterocycles. The lowest BCUT2D eigenvalue weighted by atomic mass is 10.0. The zero-order chi connectivity index (χ0) is 18.8. The number of hydrogen-bond acceptors (Lipinski definition) is 2. The molecule has 24 heavy (non-hydrogen) atoms. The van der Waals surface area contributed by atoms with E-state index in [4.69, 9.17) is 0 Å². The summed E-state index contributed by atoms with van der Waals surface area (Å²) in [5.74, 6) is 0.324. The van der Waals surface area contributed by atoms with Gasteiger partial charge in [0.05, 0.1) is 6.10 Å². The van der Waals surface area contributed by atoms with E-state index in [0.29, 0.717) is 5.78 Å². The van der Waals surface area contributed by atoms with Crippen LogP contribution >= 0.6 is 0 Å². The molecule has 0 fully saturated rings. The van der Waals surface area contributed by atoms with E-state index in [9.17, 15) is 9.90 Å². The third-order valence-corrected chi connectivity index (χ3v) is 4.09. The number of carbonyl (C=O) groups excluding carboxylic acids is 1. The lowest BCUT2D eigenvalue weighted by Gasteiger charge is -2.10. The largest absolute Gasteiger partial charge is 0.389 e. The van der Waals surface area contributed by atoms with Gasteiger partial charge >= 0.3 is 0 Å². The van der Waals surface area contributed by atoms with Gasteiger partial charge < -0.3 is 5.11 Å². The number of Topliss-reactive ketones (excluding diaryl/α,β-unsaturated/α-hetero) is 1. The van der Waals surface area contributed by atoms with Crippen LogP contribution in [-0.2, 0) is 4.79 Å². The smallest absolute Gasteiger partial charge is 0.158 e. The summed E-state index contributed by atoms with van der Waals surface area (Å²) >= 11 is 0. The Bertz CT molecular complexity index is 353. The number of unbranched alkanes of at least 4 members (excludes halogenated alkanes) is 4. The van der Waals surface area contributed by atoms with Gasteiger partial charge in [-0.15, -0.1) is 0 Å². The standard InChI is InChI=1S/C11H22O.C11H20O/c2*1-4-6-7-9-11(12)10(3)8-5-2/h8,11-12H,4-7,9H2,1-3H3;8H,4-7,9H2,1-3H3/b2*10-8+. The summed E-state index contributed by atoms with van der Waals surface area (Å²) in [6.07, 6.45) is 14.6. The molecular weight excluding hydrogens is 296 g/mol. The van der Waals surface area contributed by atoms with Crippen molar-refractivity contribution in [3.63, 3.8) is 0 Å². The zero-order valence-electron chi connectivity index (χ0n) is 17.2. The van der Waals surface area contributed by atoms with Crippen LogP contribution in [0.5, 0.6) is 0 Å². The second kappa shape index (κ2) is 18.4. The van der Waals surface area contributed by atoms with Crippen LogP contribution in [0, 0.1) is 0 Å². The summed E-state index contributed by atoms with van der Waals surface area (Å²) in [4.78, 5) is 11.3. The molecule has 2 nitrogen and oxygen atoms in total. The van der Waals surface area contributed by atoms with Crippen molar-refractivity contribution in [2.24, 2.45) is 0 Å². The van der Waals surface area contributed by atoms with Crippen molar-refractivity contribution < 1.29 is 9.90 Å². The van der Waals surface area contributed by atoms with E-state index < -0.39 is 0 Å². The van der Waals surface area contributed by atoms with Crippen molar-refractivity contribution in [1.82, 2.24) is 0 Å². The SMILES string of the molecule is CC/C=C(\C)C(=O)CCCCC.CC/C=C(\C)C(O)CCCCC. The highest BCUT2D eigenvalue weighted by molar-refractivity contribution is 5.94. The quantitative estimate of drug-likeness (QED) is 0.242. The first-order chi connectivity index (χ1) is 11.4. The van der Waals surface area contributed by atoms with Crippen LogP contribution in [0.1, 0.15) is 106 Å². The topological polar surface area (TPSA) is 37.3 Å². The van der Waals surface area contributed by atoms with Crippen molar-refractivity contribution in [2.75, 3.05) is 0 Å². The molecule has 0 heterocycles. The Hall–Kier alpha value is -0.890. The minimum atomic E-state index is -0.198. The predicted molar refractivity (Wildman–Crippen MR) is 107 cm³/mol. The van der Waals surface area contributed by atoms with Crippen LogP contribution in [0.2, 0.25) is 0 Å². The Balaban J connectivity index is 0. The molecule has 0 aliphatic rings. The van der Waals surface area contributed by atoms with Gasteiger partial charge in [-0.1, -0.05) is 72.0 Å². The highest BCUT2D eigenvalue weighted by atomic mass is 16.3. The number of aliphatic hydroxyl groups excluding tert-OH is 1. The summed E-state index contributed by atoms with van der Waals surface area (Å²) in [6, 6.07) is 0. The fraction of sp³-hybridized carbons (Fsp3) is 0.773. The lowest BCUT2D eigenvalue weighted by Crippen LogP contribution is -2.07. The van der Waals surface area contributed by atoms with E-state index in [1.54, 1.807) is 0 Å². The molecule has 0 radical (unpaired) electrons. The van der Waals surface area contributed by atoms with Crippen molar-refractivity contribution in [1.29, 1.82) is 0 Å². The number of ketones is 1. The first-order valence-electron chi connectivity index (χ1n) is 9.99. The summed E-state index contributed by atoms with van der Waals surface area (Å²) in [5.41, 5.74) is 2.07. The first-order valence-corrected chi connectivity index (χ1v) is 9.99. The minimum Gasteiger partial charge on any atom is -0.389 e. The first kappa shape index (κ1) is 25.4. The van der Waals surface area contributed by atoms with Gasteiger partial charge in [0.15, 0.2) is 5.78 Å². The van der Waals surface area contributed by atoms with Crippen molar-refractivity contribution in [2.45, 2.75) is 112 Å². The molecule has 0 bridgehead atoms. The normalized spacial score (nSPS) is 13.3. The van der Waals surface area contributed by atoms with E-state index in [2.05, 4.69) is 33.8 Å². The van der Waals surface area contributed by atoms with Crippen molar-refractivity contribution in [3.05, 3.63) is 23.3 Å². The highest BCUT2D eigenvalue weighted by Gasteiger charge is 2.04. The summed E-state index contributed by atoms with van der Waals surface area (Å²) < 4.78 is 0. The number of allylic oxidation sites excluding steroid dienone is 3. The molecule has 0 aliphatic carbocycles. The van der Waals surface area contributed by atoms with Crippen LogP contribution in [0.4, 0.5) is 0 Å². The van der Waals surface area contributed by atoms with E-state index in [0.717, 1.165) is 49.7 Å². The number of rotatable bonds is 12. The van der Waals surface area contributed by atoms with E-state index in [-0.39, 0.29) is 6.10 Å². The summed E-state index contributed by atoms with van der Waals surface area (Å²) in [5, 5.41) is 9.61. The fourth-order valence-electron chi connectivity index (χ4n) is 2.43. The maximum atomic E-state index is 11.3. The maximum absolute atomic E-state index is 11.3. The monoisotopic (exact) mass is 338 g/mol. The molecule has 0 spiro atoms. The number of hydrogen-bond donors (Lipinski definition) is 1. The van der Waals surface area contributed by atoms with Crippen LogP contribution in [0.3, 0.4) is 0 Å². The summed E-state index contributed by atoms with van der Waals surface area (Å²) in [6.45, 7) is 12.4. The van der Waals surface area contributed by atoms with Crippen molar-refractivity contribution in [3.8, 4) is 0 Å². The molecule has 0 saturated heterocycles. The van der Waals surface area contributed by atoms with Gasteiger partial charge in [0, 0.05) is 6.42 Å². The molecule has 1 unspecified atom stereocenters. The second-order valence-electron chi connectivity index (χ2n) is 6.54. The molecule has 0 aromatic carbocycles. The van der Waals surface area contributed by atoms with E-state index >= 15 is 0 Å². The molecule has 0 aromatic rings. The van der Waals surface area contributed by atoms with Gasteiger partial charge in [0.25, 0.3) is 0 Å². The second-order valence-corrected chi connectivity index (χ2v) is 6.54. The molecule has 0 aromatic heterocycles. The molecule has 1 atom stereocenters. The highest BCUT2D eigenvalue weighted by Crippen LogP contribution is 2.11. The molecule has 0 saturated carbocycles. The summed E-state index contributed by atoms with van der Waals surface area (Å²) in [7, 11) is 0.